The smallest absolute Gasteiger partial charge is 1.00 e. The minimum absolute atomic E-state index is 0. The Bertz CT molecular complexity index is 782. The van der Waals surface area contributed by atoms with Gasteiger partial charge in [-0.1, -0.05) is 0 Å². The molecule has 31 heavy (non-hydrogen) atoms. The van der Waals surface area contributed by atoms with E-state index < -0.39 is 53.9 Å². The molecule has 5 N–H and O–H groups in total. The summed E-state index contributed by atoms with van der Waals surface area (Å²) >= 11 is 1.23. The molecule has 0 aliphatic carbocycles. The molecule has 2 aliphatic rings. The fourth-order valence-electron chi connectivity index (χ4n) is 3.09. The van der Waals surface area contributed by atoms with E-state index >= 15 is 0 Å². The van der Waals surface area contributed by atoms with Crippen LogP contribution >= 0.6 is 11.8 Å². The van der Waals surface area contributed by atoms with Crippen molar-refractivity contribution in [3.63, 3.8) is 0 Å². The first-order valence-electron chi connectivity index (χ1n) is 9.17. The van der Waals surface area contributed by atoms with Crippen LogP contribution in [-0.4, -0.2) is 86.5 Å². The summed E-state index contributed by atoms with van der Waals surface area (Å²) in [4.78, 5) is 59.5. The summed E-state index contributed by atoms with van der Waals surface area (Å²) in [5.74, 6) is -3.45. The van der Waals surface area contributed by atoms with E-state index in [1.54, 1.807) is 6.92 Å². The Morgan fingerprint density at radius 1 is 1.32 bits per heavy atom. The zero-order valence-corrected chi connectivity index (χ0v) is 19.9. The van der Waals surface area contributed by atoms with Crippen molar-refractivity contribution in [3.8, 4) is 0 Å². The number of nitrogens with zero attached hydrogens (tertiary/aromatic N) is 1. The van der Waals surface area contributed by atoms with E-state index in [1.807, 2.05) is 0 Å². The third-order valence-electron chi connectivity index (χ3n) is 4.52. The first kappa shape index (κ1) is 27.2. The maximum absolute atomic E-state index is 12.3. The number of aliphatic carboxylic acids is 2. The Hall–Kier alpha value is -1.80. The van der Waals surface area contributed by atoms with Crippen LogP contribution in [0.3, 0.4) is 0 Å². The van der Waals surface area contributed by atoms with Gasteiger partial charge in [-0.2, -0.15) is 0 Å². The summed E-state index contributed by atoms with van der Waals surface area (Å²) in [6.07, 6.45) is -0.838. The average molecular weight is 469 g/mol. The summed E-state index contributed by atoms with van der Waals surface area (Å²) < 4.78 is 4.63. The molecule has 3 atom stereocenters. The number of β-lactam (4-membered cyclic amide) rings is 1. The Kier molecular flexibility index (Phi) is 10.8. The molecule has 1 saturated heterocycles. The molecule has 0 bridgehead atoms. The summed E-state index contributed by atoms with van der Waals surface area (Å²) in [6.45, 7) is 1.19. The number of hydrogen-bond acceptors (Lipinski definition) is 8. The molecule has 3 amide bonds. The Balaban J connectivity index is 0.00000480. The van der Waals surface area contributed by atoms with Crippen molar-refractivity contribution < 1.29 is 75.0 Å². The third kappa shape index (κ3) is 6.59. The molecule has 12 nitrogen and oxygen atoms in total. The average Bonchev–Trinajstić information content (AvgIpc) is 2.69. The molecule has 2 heterocycles. The van der Waals surface area contributed by atoms with Gasteiger partial charge in [0.05, 0.1) is 13.2 Å². The molecule has 14 heteroatoms. The predicted octanol–water partition coefficient (Wildman–Crippen LogP) is -3.80. The van der Waals surface area contributed by atoms with Gasteiger partial charge in [0.1, 0.15) is 23.2 Å². The van der Waals surface area contributed by atoms with Crippen molar-refractivity contribution in [2.75, 3.05) is 19.0 Å². The van der Waals surface area contributed by atoms with Crippen LogP contribution in [0.2, 0.25) is 0 Å². The van der Waals surface area contributed by atoms with E-state index in [0.717, 1.165) is 4.90 Å². The number of carboxylic acids is 2. The van der Waals surface area contributed by atoms with Gasteiger partial charge in [-0.25, -0.2) is 14.4 Å². The fraction of sp³-hybridized carbons (Fsp3) is 0.588. The van der Waals surface area contributed by atoms with Gasteiger partial charge in [-0.15, -0.1) is 11.8 Å². The minimum Gasteiger partial charge on any atom is -1.00 e. The molecule has 0 aromatic rings. The van der Waals surface area contributed by atoms with Crippen molar-refractivity contribution in [2.45, 2.75) is 43.6 Å². The van der Waals surface area contributed by atoms with E-state index in [1.165, 1.54) is 11.8 Å². The fourth-order valence-corrected chi connectivity index (χ4v) is 4.42. The standard InChI is InChI=1S/C17H23N3O9S.Na.H/c1-2-29-17(28)18-9(15(24)25)4-3-5-10(22)19-11-13(23)20-12(16(26)27)8(6-21)7-30-14(11)20;;/h9,11,14,21H,2-7H2,1H3,(H,18,28)(H,19,22)(H,24,25)(H,26,27);;/q;+1;-1/t9-,11?,14?;;/m1../s1. The minimum atomic E-state index is -1.32. The number of nitrogens with one attached hydrogen (secondary N) is 2. The SMILES string of the molecule is CCOC(=O)N[C@H](CCCC(=O)NC1C(=O)N2C(C(=O)O)=C(CO)CSC12)C(=O)O.[H-].[Na+]. The van der Waals surface area contributed by atoms with Crippen LogP contribution in [-0.2, 0) is 23.9 Å². The number of carbonyl (C=O) groups is 5. The van der Waals surface area contributed by atoms with Crippen LogP contribution < -0.4 is 40.2 Å². The van der Waals surface area contributed by atoms with Gasteiger partial charge in [-0.3, -0.25) is 14.5 Å². The van der Waals surface area contributed by atoms with Crippen LogP contribution in [0.5, 0.6) is 0 Å². The van der Waals surface area contributed by atoms with Gasteiger partial charge in [0, 0.05) is 12.2 Å². The van der Waals surface area contributed by atoms with E-state index in [9.17, 15) is 34.2 Å². The first-order chi connectivity index (χ1) is 14.2. The van der Waals surface area contributed by atoms with Crippen LogP contribution in [0, 0.1) is 0 Å². The second-order valence-electron chi connectivity index (χ2n) is 6.52. The third-order valence-corrected chi connectivity index (χ3v) is 5.86. The van der Waals surface area contributed by atoms with Crippen LogP contribution in [0.25, 0.3) is 0 Å². The van der Waals surface area contributed by atoms with Crippen molar-refractivity contribution in [3.05, 3.63) is 11.3 Å². The number of alkyl carbamates (subject to hydrolysis) is 1. The van der Waals surface area contributed by atoms with Gasteiger partial charge >= 0.3 is 47.6 Å². The van der Waals surface area contributed by atoms with Gasteiger partial charge in [-0.05, 0) is 25.3 Å². The molecule has 0 radical (unpaired) electrons. The Morgan fingerprint density at radius 3 is 2.55 bits per heavy atom. The maximum atomic E-state index is 12.3. The van der Waals surface area contributed by atoms with Gasteiger partial charge in [0.15, 0.2) is 0 Å². The molecule has 1 fully saturated rings. The monoisotopic (exact) mass is 469 g/mol. The summed E-state index contributed by atoms with van der Waals surface area (Å²) in [6, 6.07) is -2.11. The molecule has 2 unspecified atom stereocenters. The first-order valence-corrected chi connectivity index (χ1v) is 10.2. The van der Waals surface area contributed by atoms with Crippen molar-refractivity contribution in [1.29, 1.82) is 0 Å². The summed E-state index contributed by atoms with van der Waals surface area (Å²) in [5, 5.41) is 31.9. The number of hydrogen-bond donors (Lipinski definition) is 5. The van der Waals surface area contributed by atoms with E-state index in [-0.39, 0.29) is 73.9 Å². The Morgan fingerprint density at radius 2 is 2.00 bits per heavy atom. The van der Waals surface area contributed by atoms with E-state index in [0.29, 0.717) is 0 Å². The normalized spacial score (nSPS) is 20.6. The number of carbonyl (C=O) groups excluding carboxylic acids is 3. The molecule has 168 valence electrons. The van der Waals surface area contributed by atoms with Crippen molar-refractivity contribution >= 4 is 41.6 Å². The van der Waals surface area contributed by atoms with Gasteiger partial charge < -0.3 is 32.1 Å². The molecular weight excluding hydrogens is 445 g/mol. The quantitative estimate of drug-likeness (QED) is 0.157. The van der Waals surface area contributed by atoms with Crippen LogP contribution in [0.4, 0.5) is 4.79 Å². The van der Waals surface area contributed by atoms with Crippen LogP contribution in [0.15, 0.2) is 11.3 Å². The number of fused-ring (bicyclic) bond motifs is 1. The van der Waals surface area contributed by atoms with Crippen molar-refractivity contribution in [1.82, 2.24) is 15.5 Å². The second-order valence-corrected chi connectivity index (χ2v) is 7.62. The number of carboxylic acid groups (broad SMARTS) is 2. The Labute approximate surface area is 205 Å². The summed E-state index contributed by atoms with van der Waals surface area (Å²) in [7, 11) is 0. The summed E-state index contributed by atoms with van der Waals surface area (Å²) in [5.41, 5.74) is -0.0261. The second kappa shape index (κ2) is 12.3. The predicted molar refractivity (Wildman–Crippen MR) is 103 cm³/mol. The van der Waals surface area contributed by atoms with Gasteiger partial charge in [0.25, 0.3) is 5.91 Å². The van der Waals surface area contributed by atoms with Crippen molar-refractivity contribution in [2.24, 2.45) is 0 Å². The number of aliphatic hydroxyl groups excluding tert-OH is 1. The number of ether oxygens (including phenoxy) is 1. The molecule has 0 aromatic carbocycles. The molecule has 0 saturated carbocycles. The molecular formula is C17H24N3NaO9S. The topological polar surface area (TPSA) is 183 Å². The number of aliphatic hydroxyl groups is 1. The number of rotatable bonds is 10. The zero-order valence-electron chi connectivity index (χ0n) is 18.1. The zero-order chi connectivity index (χ0) is 22.4. The van der Waals surface area contributed by atoms with Crippen LogP contribution in [0.1, 0.15) is 27.6 Å². The number of amides is 3. The molecule has 2 aliphatic heterocycles. The molecule has 0 aromatic heterocycles. The molecule has 0 spiro atoms. The van der Waals surface area contributed by atoms with Gasteiger partial charge in [0.2, 0.25) is 5.91 Å². The maximum Gasteiger partial charge on any atom is 1.00 e. The van der Waals surface area contributed by atoms with E-state index in [2.05, 4.69) is 15.4 Å². The largest absolute Gasteiger partial charge is 1.00 e. The number of thioether (sulfide) groups is 1. The molecule has 2 rings (SSSR count). The van der Waals surface area contributed by atoms with E-state index in [4.69, 9.17) is 5.11 Å².